The van der Waals surface area contributed by atoms with E-state index in [0.29, 0.717) is 29.9 Å². The van der Waals surface area contributed by atoms with Gasteiger partial charge in [0.2, 0.25) is 5.95 Å². The Morgan fingerprint density at radius 3 is 3.21 bits per heavy atom. The molecule has 3 aliphatic heterocycles. The predicted molar refractivity (Wildman–Crippen MR) is 105 cm³/mol. The van der Waals surface area contributed by atoms with E-state index in [2.05, 4.69) is 32.3 Å². The Morgan fingerprint density at radius 1 is 1.48 bits per heavy atom. The summed E-state index contributed by atoms with van der Waals surface area (Å²) in [7, 11) is 0. The zero-order valence-corrected chi connectivity index (χ0v) is 16.5. The molecule has 9 nitrogen and oxygen atoms in total. The van der Waals surface area contributed by atoms with Crippen molar-refractivity contribution >= 4 is 17.7 Å². The van der Waals surface area contributed by atoms with E-state index in [1.54, 1.807) is 18.3 Å². The average Bonchev–Trinajstić information content (AvgIpc) is 3.46. The van der Waals surface area contributed by atoms with Crippen molar-refractivity contribution in [1.29, 1.82) is 0 Å². The van der Waals surface area contributed by atoms with Gasteiger partial charge in [-0.05, 0) is 25.3 Å². The highest BCUT2D eigenvalue weighted by Crippen LogP contribution is 2.54. The highest BCUT2D eigenvalue weighted by Gasteiger charge is 2.63. The van der Waals surface area contributed by atoms with Crippen LogP contribution in [-0.2, 0) is 11.2 Å². The maximum absolute atomic E-state index is 12.5. The normalized spacial score (nSPS) is 30.0. The van der Waals surface area contributed by atoms with Crippen LogP contribution in [0.2, 0.25) is 0 Å². The minimum absolute atomic E-state index is 0.170. The summed E-state index contributed by atoms with van der Waals surface area (Å²) in [5.41, 5.74) is 6.00. The van der Waals surface area contributed by atoms with Gasteiger partial charge in [0.1, 0.15) is 11.6 Å². The lowest BCUT2D eigenvalue weighted by atomic mass is 9.73. The van der Waals surface area contributed by atoms with Crippen molar-refractivity contribution in [3.8, 4) is 0 Å². The summed E-state index contributed by atoms with van der Waals surface area (Å²) in [4.78, 5) is 23.4. The van der Waals surface area contributed by atoms with Gasteiger partial charge in [0.05, 0.1) is 18.2 Å². The van der Waals surface area contributed by atoms with Crippen LogP contribution in [0.15, 0.2) is 22.9 Å². The number of ether oxygens (including phenoxy) is 1. The third kappa shape index (κ3) is 3.13. The first-order chi connectivity index (χ1) is 14.1. The molecule has 29 heavy (non-hydrogen) atoms. The largest absolute Gasteiger partial charge is 0.384 e. The molecule has 3 aliphatic rings. The van der Waals surface area contributed by atoms with Crippen LogP contribution >= 0.6 is 0 Å². The number of fused-ring (bicyclic) bond motifs is 1. The smallest absolute Gasteiger partial charge is 0.273 e. The van der Waals surface area contributed by atoms with Crippen LogP contribution in [0.5, 0.6) is 0 Å². The standard InChI is InChI=1S/C20H26N6O3/c1-2-3-12-8-15(25-29-12)18(27)23-9-13-14-10-26(19-22-7-5-17(21)24-19)11-20(14)6-4-16(13)28-20/h5,7-8,13-14,16H,2-4,6,9-11H2,1H3,(H,23,27)(H2,21,22,24)/t13-,14+,16+,20+/m0/s1. The number of aromatic nitrogens is 3. The summed E-state index contributed by atoms with van der Waals surface area (Å²) in [5, 5.41) is 6.94. The zero-order chi connectivity index (χ0) is 20.0. The van der Waals surface area contributed by atoms with Crippen LogP contribution in [0.1, 0.15) is 42.4 Å². The molecule has 4 atom stereocenters. The molecule has 0 aliphatic carbocycles. The van der Waals surface area contributed by atoms with Gasteiger partial charge in [-0.1, -0.05) is 12.1 Å². The van der Waals surface area contributed by atoms with Crippen LogP contribution in [0.25, 0.3) is 0 Å². The van der Waals surface area contributed by atoms with Gasteiger partial charge in [0, 0.05) is 43.6 Å². The number of carbonyl (C=O) groups excluding carboxylic acids is 1. The Balaban J connectivity index is 1.26. The van der Waals surface area contributed by atoms with Gasteiger partial charge in [0.15, 0.2) is 5.69 Å². The molecule has 3 saturated heterocycles. The number of aryl methyl sites for hydroxylation is 1. The second kappa shape index (κ2) is 6.98. The van der Waals surface area contributed by atoms with Crippen LogP contribution < -0.4 is 16.0 Å². The lowest BCUT2D eigenvalue weighted by Gasteiger charge is -2.29. The summed E-state index contributed by atoms with van der Waals surface area (Å²) in [5.74, 6) is 2.26. The Bertz CT molecular complexity index is 917. The molecule has 0 radical (unpaired) electrons. The molecule has 1 amide bonds. The van der Waals surface area contributed by atoms with Crippen molar-refractivity contribution in [2.75, 3.05) is 30.3 Å². The number of nitrogens with one attached hydrogen (secondary N) is 1. The second-order valence-corrected chi connectivity index (χ2v) is 8.33. The number of nitrogen functional groups attached to an aromatic ring is 1. The molecule has 154 valence electrons. The number of nitrogens with two attached hydrogens (primary N) is 1. The molecule has 0 aromatic carbocycles. The molecule has 3 N–H and O–H groups in total. The Kier molecular flexibility index (Phi) is 4.42. The number of nitrogens with zero attached hydrogens (tertiary/aromatic N) is 4. The van der Waals surface area contributed by atoms with E-state index in [1.165, 1.54) is 0 Å². The van der Waals surface area contributed by atoms with E-state index < -0.39 is 0 Å². The van der Waals surface area contributed by atoms with Crippen molar-refractivity contribution in [2.24, 2.45) is 11.8 Å². The predicted octanol–water partition coefficient (Wildman–Crippen LogP) is 1.41. The second-order valence-electron chi connectivity index (χ2n) is 8.33. The van der Waals surface area contributed by atoms with E-state index in [-0.39, 0.29) is 23.5 Å². The Hall–Kier alpha value is -2.68. The fourth-order valence-corrected chi connectivity index (χ4v) is 5.22. The first-order valence-corrected chi connectivity index (χ1v) is 10.3. The molecule has 3 fully saturated rings. The van der Waals surface area contributed by atoms with E-state index in [1.807, 2.05) is 0 Å². The van der Waals surface area contributed by atoms with Crippen molar-refractivity contribution in [3.63, 3.8) is 0 Å². The van der Waals surface area contributed by atoms with Crippen LogP contribution in [0, 0.1) is 11.8 Å². The van der Waals surface area contributed by atoms with Crippen molar-refractivity contribution < 1.29 is 14.1 Å². The van der Waals surface area contributed by atoms with E-state index in [0.717, 1.165) is 44.5 Å². The van der Waals surface area contributed by atoms with Crippen LogP contribution in [0.3, 0.4) is 0 Å². The molecular formula is C20H26N6O3. The highest BCUT2D eigenvalue weighted by atomic mass is 16.5. The van der Waals surface area contributed by atoms with Gasteiger partial charge in [0.25, 0.3) is 5.91 Å². The average molecular weight is 398 g/mol. The van der Waals surface area contributed by atoms with Gasteiger partial charge >= 0.3 is 0 Å². The van der Waals surface area contributed by atoms with Crippen molar-refractivity contribution in [1.82, 2.24) is 20.4 Å². The molecule has 2 bridgehead atoms. The van der Waals surface area contributed by atoms with E-state index in [9.17, 15) is 4.79 Å². The Labute approximate surface area is 169 Å². The molecule has 5 rings (SSSR count). The third-order valence-corrected chi connectivity index (χ3v) is 6.52. The molecule has 9 heteroatoms. The first kappa shape index (κ1) is 18.4. The van der Waals surface area contributed by atoms with Crippen LogP contribution in [-0.4, -0.2) is 52.4 Å². The van der Waals surface area contributed by atoms with Crippen molar-refractivity contribution in [2.45, 2.75) is 44.3 Å². The minimum atomic E-state index is -0.193. The summed E-state index contributed by atoms with van der Waals surface area (Å²) in [6.07, 6.45) is 5.67. The van der Waals surface area contributed by atoms with Crippen molar-refractivity contribution in [3.05, 3.63) is 29.8 Å². The van der Waals surface area contributed by atoms with E-state index >= 15 is 0 Å². The Morgan fingerprint density at radius 2 is 2.38 bits per heavy atom. The quantitative estimate of drug-likeness (QED) is 0.750. The number of amides is 1. The fourth-order valence-electron chi connectivity index (χ4n) is 5.22. The van der Waals surface area contributed by atoms with Crippen LogP contribution in [0.4, 0.5) is 11.8 Å². The summed E-state index contributed by atoms with van der Waals surface area (Å²) in [6, 6.07) is 3.42. The first-order valence-electron chi connectivity index (χ1n) is 10.3. The summed E-state index contributed by atoms with van der Waals surface area (Å²) >= 11 is 0. The minimum Gasteiger partial charge on any atom is -0.384 e. The highest BCUT2D eigenvalue weighted by molar-refractivity contribution is 5.92. The number of hydrogen-bond donors (Lipinski definition) is 2. The summed E-state index contributed by atoms with van der Waals surface area (Å²) < 4.78 is 11.7. The molecule has 2 aromatic heterocycles. The van der Waals surface area contributed by atoms with Gasteiger partial charge < -0.3 is 25.2 Å². The lowest BCUT2D eigenvalue weighted by Crippen LogP contribution is -2.42. The van der Waals surface area contributed by atoms with Gasteiger partial charge in [-0.3, -0.25) is 4.79 Å². The molecule has 0 unspecified atom stereocenters. The van der Waals surface area contributed by atoms with Gasteiger partial charge in [-0.25, -0.2) is 4.98 Å². The fraction of sp³-hybridized carbons (Fsp3) is 0.600. The number of hydrogen-bond acceptors (Lipinski definition) is 8. The third-order valence-electron chi connectivity index (χ3n) is 6.52. The number of anilines is 2. The SMILES string of the molecule is CCCc1cc(C(=O)NC[C@H]2[C@H]3CN(c4nccc(N)n4)C[C@]34CC[C@H]2O4)no1. The van der Waals surface area contributed by atoms with Gasteiger partial charge in [-0.2, -0.15) is 4.98 Å². The van der Waals surface area contributed by atoms with Gasteiger partial charge in [-0.15, -0.1) is 0 Å². The molecular weight excluding hydrogens is 372 g/mol. The maximum atomic E-state index is 12.5. The monoisotopic (exact) mass is 398 g/mol. The summed E-state index contributed by atoms with van der Waals surface area (Å²) in [6.45, 7) is 4.21. The zero-order valence-electron chi connectivity index (χ0n) is 16.5. The maximum Gasteiger partial charge on any atom is 0.273 e. The molecule has 0 saturated carbocycles. The van der Waals surface area contributed by atoms with E-state index in [4.69, 9.17) is 15.0 Å². The molecule has 2 aromatic rings. The number of carbonyl (C=O) groups is 1. The molecule has 5 heterocycles. The number of rotatable bonds is 6. The lowest BCUT2D eigenvalue weighted by molar-refractivity contribution is 0.0141. The molecule has 1 spiro atoms. The topological polar surface area (TPSA) is 119 Å².